The molecule has 0 heterocycles. The highest BCUT2D eigenvalue weighted by atomic mass is 127. The van der Waals surface area contributed by atoms with Gasteiger partial charge >= 0.3 is 5.97 Å². The highest BCUT2D eigenvalue weighted by Gasteiger charge is 2.21. The van der Waals surface area contributed by atoms with Crippen LogP contribution in [-0.2, 0) is 4.79 Å². The Balaban J connectivity index is 3.01. The van der Waals surface area contributed by atoms with E-state index in [-0.39, 0.29) is 6.04 Å². The van der Waals surface area contributed by atoms with Crippen molar-refractivity contribution in [2.75, 3.05) is 0 Å². The average molecular weight is 279 g/mol. The number of halogens is 1. The Morgan fingerprint density at radius 1 is 1.83 bits per heavy atom. The van der Waals surface area contributed by atoms with Crippen molar-refractivity contribution in [1.29, 1.82) is 0 Å². The van der Waals surface area contributed by atoms with Crippen molar-refractivity contribution in [1.82, 2.24) is 0 Å². The first kappa shape index (κ1) is 9.73. The van der Waals surface area contributed by atoms with Crippen LogP contribution in [0.1, 0.15) is 13.3 Å². The summed E-state index contributed by atoms with van der Waals surface area (Å²) in [5.74, 6) is -0.913. The summed E-state index contributed by atoms with van der Waals surface area (Å²) in [6.07, 6.45) is 2.29. The Hall–Kier alpha value is -0.360. The molecule has 4 heteroatoms. The van der Waals surface area contributed by atoms with Crippen molar-refractivity contribution >= 4 is 28.6 Å². The normalized spacial score (nSPS) is 23.9. The number of carbonyl (C=O) groups is 1. The molecule has 0 aromatic heterocycles. The minimum absolute atomic E-state index is 0.310. The average Bonchev–Trinajstić information content (AvgIpc) is 1.96. The van der Waals surface area contributed by atoms with Gasteiger partial charge in [0.15, 0.2) is 0 Å². The molecule has 66 valence electrons. The third kappa shape index (κ3) is 1.87. The SMILES string of the molecule is CC1=C(I)C=C(C(=O)O)C(N)C1. The van der Waals surface area contributed by atoms with Gasteiger partial charge in [-0.15, -0.1) is 0 Å². The van der Waals surface area contributed by atoms with Crippen LogP contribution >= 0.6 is 22.6 Å². The molecule has 0 aliphatic heterocycles. The van der Waals surface area contributed by atoms with E-state index in [1.165, 1.54) is 0 Å². The molecule has 1 aliphatic rings. The van der Waals surface area contributed by atoms with Gasteiger partial charge in [-0.3, -0.25) is 0 Å². The van der Waals surface area contributed by atoms with Gasteiger partial charge in [0.25, 0.3) is 0 Å². The fourth-order valence-electron chi connectivity index (χ4n) is 1.12. The lowest BCUT2D eigenvalue weighted by molar-refractivity contribution is -0.132. The highest BCUT2D eigenvalue weighted by Crippen LogP contribution is 2.27. The molecular weight excluding hydrogens is 269 g/mol. The Labute approximate surface area is 84.5 Å². The van der Waals surface area contributed by atoms with Crippen LogP contribution in [0.3, 0.4) is 0 Å². The van der Waals surface area contributed by atoms with Crippen LogP contribution in [-0.4, -0.2) is 17.1 Å². The maximum Gasteiger partial charge on any atom is 0.333 e. The van der Waals surface area contributed by atoms with Gasteiger partial charge in [0.1, 0.15) is 0 Å². The van der Waals surface area contributed by atoms with E-state index in [1.807, 2.05) is 6.92 Å². The van der Waals surface area contributed by atoms with E-state index in [1.54, 1.807) is 6.08 Å². The molecule has 3 nitrogen and oxygen atoms in total. The van der Waals surface area contributed by atoms with Crippen LogP contribution in [0.5, 0.6) is 0 Å². The van der Waals surface area contributed by atoms with Gasteiger partial charge in [0.2, 0.25) is 0 Å². The van der Waals surface area contributed by atoms with Crippen LogP contribution in [0.15, 0.2) is 20.8 Å². The van der Waals surface area contributed by atoms with Crippen molar-refractivity contribution in [2.45, 2.75) is 19.4 Å². The number of carboxylic acid groups (broad SMARTS) is 1. The van der Waals surface area contributed by atoms with E-state index in [0.29, 0.717) is 12.0 Å². The van der Waals surface area contributed by atoms with E-state index in [2.05, 4.69) is 22.6 Å². The summed E-state index contributed by atoms with van der Waals surface area (Å²) < 4.78 is 0.992. The molecule has 0 saturated heterocycles. The van der Waals surface area contributed by atoms with Gasteiger partial charge in [-0.2, -0.15) is 0 Å². The van der Waals surface area contributed by atoms with Gasteiger partial charge in [-0.25, -0.2) is 4.79 Å². The molecule has 0 aromatic carbocycles. The highest BCUT2D eigenvalue weighted by molar-refractivity contribution is 14.1. The van der Waals surface area contributed by atoms with E-state index in [9.17, 15) is 4.79 Å². The number of rotatable bonds is 1. The first-order chi connectivity index (χ1) is 5.52. The van der Waals surface area contributed by atoms with Gasteiger partial charge in [-0.1, -0.05) is 5.57 Å². The van der Waals surface area contributed by atoms with Crippen molar-refractivity contribution < 1.29 is 9.90 Å². The number of carboxylic acids is 1. The Kier molecular flexibility index (Phi) is 2.89. The molecule has 0 bridgehead atoms. The summed E-state index contributed by atoms with van der Waals surface area (Å²) in [6.45, 7) is 1.97. The molecule has 0 amide bonds. The predicted molar refractivity (Wildman–Crippen MR) is 55.0 cm³/mol. The number of allylic oxidation sites excluding steroid dienone is 2. The topological polar surface area (TPSA) is 63.3 Å². The Morgan fingerprint density at radius 3 is 2.92 bits per heavy atom. The van der Waals surface area contributed by atoms with Crippen molar-refractivity contribution in [3.63, 3.8) is 0 Å². The second-order valence-corrected chi connectivity index (χ2v) is 4.01. The minimum atomic E-state index is -0.913. The molecule has 3 N–H and O–H groups in total. The summed E-state index contributed by atoms with van der Waals surface area (Å²) in [5.41, 5.74) is 7.12. The van der Waals surface area contributed by atoms with Crippen LogP contribution in [0.25, 0.3) is 0 Å². The molecule has 1 atom stereocenters. The molecular formula is C8H10INO2. The smallest absolute Gasteiger partial charge is 0.333 e. The maximum atomic E-state index is 10.6. The summed E-state index contributed by atoms with van der Waals surface area (Å²) in [5, 5.41) is 8.74. The standard InChI is InChI=1S/C8H10INO2/c1-4-2-7(10)5(8(11)12)3-6(4)9/h3,7H,2,10H2,1H3,(H,11,12). The number of nitrogens with two attached hydrogens (primary N) is 1. The molecule has 0 aromatic rings. The summed E-state index contributed by atoms with van der Waals surface area (Å²) in [4.78, 5) is 10.6. The van der Waals surface area contributed by atoms with Crippen LogP contribution in [0, 0.1) is 0 Å². The Morgan fingerprint density at radius 2 is 2.42 bits per heavy atom. The summed E-state index contributed by atoms with van der Waals surface area (Å²) in [6, 6.07) is -0.346. The molecule has 0 saturated carbocycles. The number of hydrogen-bond donors (Lipinski definition) is 2. The molecule has 12 heavy (non-hydrogen) atoms. The zero-order valence-corrected chi connectivity index (χ0v) is 8.83. The van der Waals surface area contributed by atoms with Crippen molar-refractivity contribution in [2.24, 2.45) is 5.73 Å². The second-order valence-electron chi connectivity index (χ2n) is 2.84. The number of hydrogen-bond acceptors (Lipinski definition) is 2. The summed E-state index contributed by atoms with van der Waals surface area (Å²) >= 11 is 2.13. The van der Waals surface area contributed by atoms with Crippen molar-refractivity contribution in [3.05, 3.63) is 20.8 Å². The quantitative estimate of drug-likeness (QED) is 0.714. The molecule has 1 aliphatic carbocycles. The van der Waals surface area contributed by atoms with Gasteiger partial charge in [-0.05, 0) is 42.0 Å². The lowest BCUT2D eigenvalue weighted by atomic mass is 9.95. The minimum Gasteiger partial charge on any atom is -0.478 e. The predicted octanol–water partition coefficient (Wildman–Crippen LogP) is 1.44. The molecule has 0 fully saturated rings. The second kappa shape index (κ2) is 3.57. The molecule has 1 unspecified atom stereocenters. The third-order valence-corrected chi connectivity index (χ3v) is 3.09. The maximum absolute atomic E-state index is 10.6. The fourth-order valence-corrected chi connectivity index (χ4v) is 1.68. The first-order valence-corrected chi connectivity index (χ1v) is 4.66. The molecule has 1 rings (SSSR count). The van der Waals surface area contributed by atoms with Crippen molar-refractivity contribution in [3.8, 4) is 0 Å². The van der Waals surface area contributed by atoms with E-state index in [4.69, 9.17) is 10.8 Å². The lowest BCUT2D eigenvalue weighted by Gasteiger charge is -2.18. The van der Waals surface area contributed by atoms with Crippen LogP contribution < -0.4 is 5.73 Å². The third-order valence-electron chi connectivity index (χ3n) is 1.86. The number of aliphatic carboxylic acids is 1. The zero-order valence-electron chi connectivity index (χ0n) is 6.67. The Bertz CT molecular complexity index is 281. The first-order valence-electron chi connectivity index (χ1n) is 3.58. The van der Waals surface area contributed by atoms with Crippen LogP contribution in [0.4, 0.5) is 0 Å². The van der Waals surface area contributed by atoms with E-state index >= 15 is 0 Å². The summed E-state index contributed by atoms with van der Waals surface area (Å²) in [7, 11) is 0. The molecule has 0 radical (unpaired) electrons. The van der Waals surface area contributed by atoms with Gasteiger partial charge in [0.05, 0.1) is 5.57 Å². The van der Waals surface area contributed by atoms with Gasteiger partial charge < -0.3 is 10.8 Å². The largest absolute Gasteiger partial charge is 0.478 e. The lowest BCUT2D eigenvalue weighted by Crippen LogP contribution is -2.29. The molecule has 0 spiro atoms. The van der Waals surface area contributed by atoms with E-state index < -0.39 is 5.97 Å². The van der Waals surface area contributed by atoms with Crippen LogP contribution in [0.2, 0.25) is 0 Å². The fraction of sp³-hybridized carbons (Fsp3) is 0.375. The monoisotopic (exact) mass is 279 g/mol. The zero-order chi connectivity index (χ0) is 9.30. The van der Waals surface area contributed by atoms with E-state index in [0.717, 1.165) is 9.15 Å². The van der Waals surface area contributed by atoms with Gasteiger partial charge in [0, 0.05) is 9.62 Å².